The van der Waals surface area contributed by atoms with E-state index < -0.39 is 101 Å². The number of aromatic nitrogens is 1. The number of anilines is 1. The first-order valence-corrected chi connectivity index (χ1v) is 24.1. The summed E-state index contributed by atoms with van der Waals surface area (Å²) in [6, 6.07) is 11.0. The summed E-state index contributed by atoms with van der Waals surface area (Å²) < 4.78 is 29.0. The van der Waals surface area contributed by atoms with E-state index in [4.69, 9.17) is 11.5 Å². The van der Waals surface area contributed by atoms with Crippen LogP contribution in [-0.4, -0.2) is 133 Å². The maximum absolute atomic E-state index is 14.1. The number of carboxylic acids is 1. The molecule has 7 amide bonds. The number of carbonyl (C=O) groups excluding carboxylic acids is 7. The number of benzene rings is 2. The number of hydrazone groups is 1. The Hall–Kier alpha value is -7.68. The number of guanidine groups is 1. The summed E-state index contributed by atoms with van der Waals surface area (Å²) in [4.78, 5) is 114. The monoisotopic (exact) mass is 1010 g/mol. The highest BCUT2D eigenvalue weighted by Gasteiger charge is 2.33. The number of rotatable bonds is 22. The van der Waals surface area contributed by atoms with Crippen LogP contribution in [0.3, 0.4) is 0 Å². The van der Waals surface area contributed by atoms with Gasteiger partial charge in [-0.2, -0.15) is 5.10 Å². The van der Waals surface area contributed by atoms with Gasteiger partial charge in [-0.05, 0) is 62.3 Å². The molecule has 0 aliphatic carbocycles. The predicted molar refractivity (Wildman–Crippen MR) is 262 cm³/mol. The van der Waals surface area contributed by atoms with Crippen molar-refractivity contribution in [2.45, 2.75) is 99.8 Å². The lowest BCUT2D eigenvalue weighted by molar-refractivity contribution is -0.141. The lowest BCUT2D eigenvalue weighted by Crippen LogP contribution is -2.58. The van der Waals surface area contributed by atoms with E-state index in [1.54, 1.807) is 36.4 Å². The maximum atomic E-state index is 14.1. The second-order valence-electron chi connectivity index (χ2n) is 16.2. The van der Waals surface area contributed by atoms with Crippen LogP contribution in [0.15, 0.2) is 87.9 Å². The SMILES string of the molecule is CCC[C@H](NC(=O)c1ccc(N/N=C/c2ccccc2S(O)(O)O)nc1)C(=O)NCCCC[C@@H]1NC(=O)[C@@H](Cc2ccccc2)NC(=O)[C@H](CC(=O)O)NC(=O)CNC(=O)[C@H](CCCN=C(N)N)NC1=O. The summed E-state index contributed by atoms with van der Waals surface area (Å²) in [7, 11) is -3.99. The van der Waals surface area contributed by atoms with Gasteiger partial charge in [0.15, 0.2) is 5.96 Å². The topological polar surface area (TPSA) is 403 Å². The van der Waals surface area contributed by atoms with E-state index in [0.29, 0.717) is 12.0 Å². The van der Waals surface area contributed by atoms with Crippen molar-refractivity contribution in [1.82, 2.24) is 42.2 Å². The molecule has 1 aliphatic rings. The van der Waals surface area contributed by atoms with Crippen LogP contribution in [0.5, 0.6) is 0 Å². The first-order valence-electron chi connectivity index (χ1n) is 22.6. The average Bonchev–Trinajstić information content (AvgIpc) is 3.32. The van der Waals surface area contributed by atoms with E-state index in [1.807, 2.05) is 6.92 Å². The average molecular weight is 1010 g/mol. The first kappa shape index (κ1) is 55.9. The number of aliphatic imine (C=N–C) groups is 1. The number of aliphatic carboxylic acids is 1. The van der Waals surface area contributed by atoms with Gasteiger partial charge in [-0.25, -0.2) is 4.98 Å². The Morgan fingerprint density at radius 2 is 1.46 bits per heavy atom. The number of carbonyl (C=O) groups is 8. The Balaban J connectivity index is 1.44. The molecule has 1 aromatic heterocycles. The Kier molecular flexibility index (Phi) is 22.1. The van der Waals surface area contributed by atoms with Crippen LogP contribution >= 0.6 is 10.9 Å². The van der Waals surface area contributed by atoms with Gasteiger partial charge in [0.1, 0.15) is 46.9 Å². The molecule has 71 heavy (non-hydrogen) atoms. The number of nitrogens with two attached hydrogens (primary N) is 2. The molecule has 5 atom stereocenters. The molecular formula is C45H61N13O12S. The van der Waals surface area contributed by atoms with Crippen molar-refractivity contribution < 1.29 is 57.1 Å². The molecule has 0 bridgehead atoms. The van der Waals surface area contributed by atoms with Gasteiger partial charge in [0.25, 0.3) is 5.91 Å². The minimum Gasteiger partial charge on any atom is -0.481 e. The van der Waals surface area contributed by atoms with Crippen molar-refractivity contribution in [1.29, 1.82) is 0 Å². The smallest absolute Gasteiger partial charge is 0.305 e. The van der Waals surface area contributed by atoms with E-state index in [-0.39, 0.29) is 85.8 Å². The van der Waals surface area contributed by atoms with Crippen LogP contribution < -0.4 is 54.1 Å². The summed E-state index contributed by atoms with van der Waals surface area (Å²) in [5, 5.41) is 31.6. The van der Waals surface area contributed by atoms with Crippen LogP contribution in [0.4, 0.5) is 5.82 Å². The lowest BCUT2D eigenvalue weighted by Gasteiger charge is -2.26. The summed E-state index contributed by atoms with van der Waals surface area (Å²) in [6.07, 6.45) is 3.09. The highest BCUT2D eigenvalue weighted by Crippen LogP contribution is 2.44. The molecule has 0 spiro atoms. The number of carboxylic acid groups (broad SMARTS) is 1. The molecule has 0 radical (unpaired) electrons. The maximum Gasteiger partial charge on any atom is 0.305 e. The fourth-order valence-corrected chi connectivity index (χ4v) is 7.74. The fraction of sp³-hybridized carbons (Fsp3) is 0.400. The van der Waals surface area contributed by atoms with Gasteiger partial charge in [-0.1, -0.05) is 61.9 Å². The van der Waals surface area contributed by atoms with Gasteiger partial charge in [-0.3, -0.25) is 48.8 Å². The Labute approximate surface area is 410 Å². The van der Waals surface area contributed by atoms with Crippen LogP contribution in [0.25, 0.3) is 0 Å². The number of hydrogen-bond acceptors (Lipinski definition) is 15. The predicted octanol–water partition coefficient (Wildman–Crippen LogP) is 0.135. The number of nitrogens with zero attached hydrogens (tertiary/aromatic N) is 3. The third-order valence-corrected chi connectivity index (χ3v) is 11.6. The van der Waals surface area contributed by atoms with Crippen molar-refractivity contribution >= 4 is 76.2 Å². The molecule has 1 fully saturated rings. The van der Waals surface area contributed by atoms with E-state index in [1.165, 1.54) is 42.7 Å². The third kappa shape index (κ3) is 19.3. The highest BCUT2D eigenvalue weighted by atomic mass is 32.3. The standard InChI is InChI=1S/C45H61N13O12S/c1-2-11-30(54-39(62)29-18-19-36(50-24-29)58-52-25-28-14-6-7-17-35(28)71(68,69)70)40(63)48-20-9-8-15-32-42(65)55-31(16-10-21-49-45(46)47)41(64)51-26-37(59)53-34(23-38(60)61)44(67)57-33(43(66)56-32)22-27-12-4-3-5-13-27/h3-7,12-14,17-19,24-25,30-34,68-70H,2,8-11,15-16,20-23,26H2,1H3,(H,48,63)(H,50,58)(H,51,64)(H,53,59)(H,54,62)(H,55,65)(H,56,66)(H,57,67)(H,60,61)(H4,46,47,49)/b52-25+/t30-,31-,32-,33+,34-/m0/s1. The molecule has 0 unspecified atom stereocenters. The molecule has 2 aromatic carbocycles. The largest absolute Gasteiger partial charge is 0.481 e. The van der Waals surface area contributed by atoms with Crippen LogP contribution in [0.2, 0.25) is 0 Å². The minimum absolute atomic E-state index is 0.00632. The van der Waals surface area contributed by atoms with E-state index in [0.717, 1.165) is 0 Å². The molecule has 26 heteroatoms. The number of nitrogens with one attached hydrogen (secondary N) is 8. The molecule has 2 heterocycles. The lowest BCUT2D eigenvalue weighted by atomic mass is 10.0. The molecule has 3 aromatic rings. The zero-order valence-corrected chi connectivity index (χ0v) is 39.7. The first-order chi connectivity index (χ1) is 33.8. The van der Waals surface area contributed by atoms with Gasteiger partial charge in [0.2, 0.25) is 35.4 Å². The third-order valence-electron chi connectivity index (χ3n) is 10.6. The zero-order chi connectivity index (χ0) is 51.9. The molecule has 1 saturated heterocycles. The van der Waals surface area contributed by atoms with Gasteiger partial charge >= 0.3 is 5.97 Å². The fourth-order valence-electron chi connectivity index (χ4n) is 7.04. The molecule has 384 valence electrons. The van der Waals surface area contributed by atoms with Crippen molar-refractivity contribution in [2.24, 2.45) is 21.6 Å². The van der Waals surface area contributed by atoms with Gasteiger partial charge < -0.3 is 67.4 Å². The number of amides is 7. The number of unbranched alkanes of at least 4 members (excludes halogenated alkanes) is 1. The van der Waals surface area contributed by atoms with Crippen LogP contribution in [0, 0.1) is 0 Å². The second-order valence-corrected chi connectivity index (χ2v) is 17.7. The highest BCUT2D eigenvalue weighted by molar-refractivity contribution is 8.19. The van der Waals surface area contributed by atoms with Crippen LogP contribution in [-0.2, 0) is 40.0 Å². The molecule has 0 saturated carbocycles. The normalized spacial score (nSPS) is 18.7. The summed E-state index contributed by atoms with van der Waals surface area (Å²) in [6.45, 7) is 1.33. The van der Waals surface area contributed by atoms with Gasteiger partial charge in [0.05, 0.1) is 29.6 Å². The summed E-state index contributed by atoms with van der Waals surface area (Å²) in [5.74, 6) is -6.76. The minimum atomic E-state index is -3.99. The zero-order valence-electron chi connectivity index (χ0n) is 38.8. The molecule has 4 rings (SSSR count). The number of hydrogen-bond donors (Lipinski definition) is 14. The number of pyridine rings is 1. The van der Waals surface area contributed by atoms with E-state index in [2.05, 4.69) is 57.7 Å². The van der Waals surface area contributed by atoms with Crippen molar-refractivity contribution in [3.8, 4) is 0 Å². The Morgan fingerprint density at radius 1 is 0.817 bits per heavy atom. The molecular weight excluding hydrogens is 947 g/mol. The quantitative estimate of drug-likeness (QED) is 0.0275. The molecule has 1 aliphatic heterocycles. The van der Waals surface area contributed by atoms with Crippen molar-refractivity contribution in [2.75, 3.05) is 25.1 Å². The Bertz CT molecular complexity index is 2380. The van der Waals surface area contributed by atoms with Gasteiger partial charge in [-0.15, -0.1) is 0 Å². The van der Waals surface area contributed by atoms with E-state index >= 15 is 0 Å². The molecule has 25 nitrogen and oxygen atoms in total. The summed E-state index contributed by atoms with van der Waals surface area (Å²) >= 11 is 0. The van der Waals surface area contributed by atoms with Crippen molar-refractivity contribution in [3.63, 3.8) is 0 Å². The van der Waals surface area contributed by atoms with Crippen LogP contribution in [0.1, 0.15) is 79.8 Å². The Morgan fingerprint density at radius 3 is 2.13 bits per heavy atom. The second kappa shape index (κ2) is 28.1. The summed E-state index contributed by atoms with van der Waals surface area (Å²) in [5.41, 5.74) is 14.5. The van der Waals surface area contributed by atoms with Crippen molar-refractivity contribution in [3.05, 3.63) is 89.6 Å². The van der Waals surface area contributed by atoms with Gasteiger partial charge in [0, 0.05) is 31.3 Å². The van der Waals surface area contributed by atoms with E-state index in [9.17, 15) is 57.1 Å². The molecule has 16 N–H and O–H groups in total.